The van der Waals surface area contributed by atoms with Crippen LogP contribution >= 0.6 is 27.3 Å². The van der Waals surface area contributed by atoms with Crippen LogP contribution in [0.25, 0.3) is 10.3 Å². The van der Waals surface area contributed by atoms with Gasteiger partial charge in [0.25, 0.3) is 5.91 Å². The Balaban J connectivity index is 1.23. The maximum Gasteiger partial charge on any atom is 0.251 e. The molecular formula is C20H20BrN5O2S. The normalized spacial score (nSPS) is 14.2. The number of rotatable bonds is 5. The molecule has 1 aromatic carbocycles. The van der Waals surface area contributed by atoms with E-state index in [1.54, 1.807) is 29.7 Å². The van der Waals surface area contributed by atoms with Crippen molar-refractivity contribution in [3.05, 3.63) is 52.6 Å². The number of nitrogens with one attached hydrogen (secondary N) is 1. The molecule has 0 unspecified atom stereocenters. The minimum Gasteiger partial charge on any atom is -0.352 e. The van der Waals surface area contributed by atoms with Crippen molar-refractivity contribution in [3.63, 3.8) is 0 Å². The number of carbonyl (C=O) groups is 2. The van der Waals surface area contributed by atoms with Gasteiger partial charge in [0.2, 0.25) is 5.91 Å². The van der Waals surface area contributed by atoms with Crippen LogP contribution in [0.5, 0.6) is 0 Å². The molecule has 9 heteroatoms. The first-order valence-corrected chi connectivity index (χ1v) is 11.0. The highest BCUT2D eigenvalue weighted by molar-refractivity contribution is 9.10. The van der Waals surface area contributed by atoms with Gasteiger partial charge in [-0.3, -0.25) is 9.59 Å². The average Bonchev–Trinajstić information content (AvgIpc) is 3.18. The van der Waals surface area contributed by atoms with Crippen molar-refractivity contribution in [3.8, 4) is 0 Å². The van der Waals surface area contributed by atoms with E-state index in [4.69, 9.17) is 0 Å². The van der Waals surface area contributed by atoms with E-state index >= 15 is 0 Å². The predicted octanol–water partition coefficient (Wildman–Crippen LogP) is 2.92. The maximum absolute atomic E-state index is 12.5. The van der Waals surface area contributed by atoms with Crippen LogP contribution in [-0.2, 0) is 4.79 Å². The molecule has 2 aromatic heterocycles. The van der Waals surface area contributed by atoms with E-state index in [0.29, 0.717) is 31.6 Å². The Bertz CT molecular complexity index is 982. The molecule has 7 nitrogen and oxygen atoms in total. The molecule has 0 aliphatic carbocycles. The van der Waals surface area contributed by atoms with Gasteiger partial charge in [0.05, 0.1) is 0 Å². The molecule has 0 radical (unpaired) electrons. The minimum atomic E-state index is -0.167. The molecule has 1 N–H and O–H groups in total. The zero-order chi connectivity index (χ0) is 20.2. The Morgan fingerprint density at radius 2 is 1.86 bits per heavy atom. The number of pyridine rings is 1. The van der Waals surface area contributed by atoms with Gasteiger partial charge in [-0.2, -0.15) is 0 Å². The second-order valence-electron chi connectivity index (χ2n) is 6.70. The van der Waals surface area contributed by atoms with Gasteiger partial charge in [0.15, 0.2) is 5.13 Å². The van der Waals surface area contributed by atoms with Crippen LogP contribution in [-0.4, -0.2) is 59.4 Å². The number of hydrogen-bond acceptors (Lipinski definition) is 6. The molecule has 0 atom stereocenters. The lowest BCUT2D eigenvalue weighted by Crippen LogP contribution is -2.49. The van der Waals surface area contributed by atoms with Crippen molar-refractivity contribution in [2.24, 2.45) is 0 Å². The van der Waals surface area contributed by atoms with Crippen molar-refractivity contribution in [2.75, 3.05) is 37.6 Å². The molecule has 150 valence electrons. The molecular weight excluding hydrogens is 454 g/mol. The summed E-state index contributed by atoms with van der Waals surface area (Å²) in [6.07, 6.45) is 2.07. The predicted molar refractivity (Wildman–Crippen MR) is 117 cm³/mol. The van der Waals surface area contributed by atoms with Crippen LogP contribution in [0.15, 0.2) is 47.1 Å². The fourth-order valence-corrected chi connectivity index (χ4v) is 4.41. The zero-order valence-corrected chi connectivity index (χ0v) is 18.1. The molecule has 0 spiro atoms. The number of halogens is 1. The van der Waals surface area contributed by atoms with Crippen molar-refractivity contribution in [1.82, 2.24) is 20.2 Å². The number of benzene rings is 1. The SMILES string of the molecule is O=C(NCCC(=O)N1CCN(c2nc3cccnc3s2)CC1)c1ccc(Br)cc1. The molecule has 0 saturated carbocycles. The number of thiazole rings is 1. The van der Waals surface area contributed by atoms with E-state index in [-0.39, 0.29) is 11.8 Å². The third-order valence-electron chi connectivity index (χ3n) is 4.79. The lowest BCUT2D eigenvalue weighted by Gasteiger charge is -2.34. The van der Waals surface area contributed by atoms with Crippen LogP contribution < -0.4 is 10.2 Å². The van der Waals surface area contributed by atoms with Gasteiger partial charge in [-0.05, 0) is 36.4 Å². The molecule has 4 rings (SSSR count). The summed E-state index contributed by atoms with van der Waals surface area (Å²) < 4.78 is 0.922. The number of carbonyl (C=O) groups excluding carboxylic acids is 2. The van der Waals surface area contributed by atoms with E-state index in [0.717, 1.165) is 33.0 Å². The number of piperazine rings is 1. The molecule has 3 aromatic rings. The summed E-state index contributed by atoms with van der Waals surface area (Å²) in [5.41, 5.74) is 1.49. The number of hydrogen-bond donors (Lipinski definition) is 1. The molecule has 1 fully saturated rings. The molecule has 29 heavy (non-hydrogen) atoms. The number of amides is 2. The van der Waals surface area contributed by atoms with Crippen LogP contribution in [0.4, 0.5) is 5.13 Å². The van der Waals surface area contributed by atoms with E-state index in [1.807, 2.05) is 29.2 Å². The third kappa shape index (κ3) is 4.73. The van der Waals surface area contributed by atoms with Crippen molar-refractivity contribution < 1.29 is 9.59 Å². The molecule has 1 saturated heterocycles. The van der Waals surface area contributed by atoms with Gasteiger partial charge < -0.3 is 15.1 Å². The Hall–Kier alpha value is -2.52. The van der Waals surface area contributed by atoms with E-state index in [2.05, 4.69) is 36.1 Å². The van der Waals surface area contributed by atoms with Gasteiger partial charge in [0, 0.05) is 55.4 Å². The number of fused-ring (bicyclic) bond motifs is 1. The Morgan fingerprint density at radius 3 is 2.59 bits per heavy atom. The summed E-state index contributed by atoms with van der Waals surface area (Å²) in [5.74, 6) is -0.105. The summed E-state index contributed by atoms with van der Waals surface area (Å²) in [6.45, 7) is 3.14. The van der Waals surface area contributed by atoms with Crippen molar-refractivity contribution >= 4 is 54.6 Å². The van der Waals surface area contributed by atoms with Crippen molar-refractivity contribution in [2.45, 2.75) is 6.42 Å². The second kappa shape index (κ2) is 8.87. The fraction of sp³-hybridized carbons (Fsp3) is 0.300. The summed E-state index contributed by atoms with van der Waals surface area (Å²) in [4.78, 5) is 38.6. The highest BCUT2D eigenvalue weighted by Gasteiger charge is 2.23. The fourth-order valence-electron chi connectivity index (χ4n) is 3.19. The quantitative estimate of drug-likeness (QED) is 0.616. The summed E-state index contributed by atoms with van der Waals surface area (Å²) >= 11 is 4.93. The lowest BCUT2D eigenvalue weighted by atomic mass is 10.2. The highest BCUT2D eigenvalue weighted by atomic mass is 79.9. The smallest absolute Gasteiger partial charge is 0.251 e. The van der Waals surface area contributed by atoms with Gasteiger partial charge in [0.1, 0.15) is 10.3 Å². The van der Waals surface area contributed by atoms with Crippen LogP contribution in [0, 0.1) is 0 Å². The third-order valence-corrected chi connectivity index (χ3v) is 6.36. The molecule has 1 aliphatic rings. The van der Waals surface area contributed by atoms with Gasteiger partial charge >= 0.3 is 0 Å². The van der Waals surface area contributed by atoms with Gasteiger partial charge in [-0.15, -0.1) is 0 Å². The van der Waals surface area contributed by atoms with E-state index < -0.39 is 0 Å². The molecule has 2 amide bonds. The monoisotopic (exact) mass is 473 g/mol. The zero-order valence-electron chi connectivity index (χ0n) is 15.7. The van der Waals surface area contributed by atoms with Gasteiger partial charge in [-0.1, -0.05) is 27.3 Å². The number of nitrogens with zero attached hydrogens (tertiary/aromatic N) is 4. The molecule has 1 aliphatic heterocycles. The number of aromatic nitrogens is 2. The molecule has 0 bridgehead atoms. The first-order valence-electron chi connectivity index (χ1n) is 9.38. The number of anilines is 1. The van der Waals surface area contributed by atoms with Crippen LogP contribution in [0.2, 0.25) is 0 Å². The highest BCUT2D eigenvalue weighted by Crippen LogP contribution is 2.27. The maximum atomic E-state index is 12.5. The largest absolute Gasteiger partial charge is 0.352 e. The van der Waals surface area contributed by atoms with Crippen molar-refractivity contribution in [1.29, 1.82) is 0 Å². The summed E-state index contributed by atoms with van der Waals surface area (Å²) in [5, 5.41) is 3.76. The van der Waals surface area contributed by atoms with Crippen LogP contribution in [0.1, 0.15) is 16.8 Å². The summed E-state index contributed by atoms with van der Waals surface area (Å²) in [7, 11) is 0. The second-order valence-corrected chi connectivity index (χ2v) is 8.58. The lowest BCUT2D eigenvalue weighted by molar-refractivity contribution is -0.131. The molecule has 3 heterocycles. The average molecular weight is 474 g/mol. The van der Waals surface area contributed by atoms with Gasteiger partial charge in [-0.25, -0.2) is 9.97 Å². The Labute approximate surface area is 180 Å². The van der Waals surface area contributed by atoms with E-state index in [9.17, 15) is 9.59 Å². The van der Waals surface area contributed by atoms with E-state index in [1.165, 1.54) is 0 Å². The Morgan fingerprint density at radius 1 is 1.10 bits per heavy atom. The first-order chi connectivity index (χ1) is 14.1. The standard InChI is InChI=1S/C20H20BrN5O2S/c21-15-5-3-14(4-6-15)18(28)22-9-7-17(27)25-10-12-26(13-11-25)20-24-16-2-1-8-23-19(16)29-20/h1-6,8H,7,9-13H2,(H,22,28). The first kappa shape index (κ1) is 19.8. The Kier molecular flexibility index (Phi) is 6.05. The summed E-state index contributed by atoms with van der Waals surface area (Å²) in [6, 6.07) is 11.0. The van der Waals surface area contributed by atoms with Crippen LogP contribution in [0.3, 0.4) is 0 Å². The topological polar surface area (TPSA) is 78.4 Å². The minimum absolute atomic E-state index is 0.0618.